The molecule has 5 rings (SSSR count). The van der Waals surface area contributed by atoms with Crippen LogP contribution < -0.4 is 4.90 Å². The van der Waals surface area contributed by atoms with Crippen LogP contribution in [0.2, 0.25) is 0 Å². The fourth-order valence-corrected chi connectivity index (χ4v) is 6.08. The quantitative estimate of drug-likeness (QED) is 0.328. The normalized spacial score (nSPS) is 20.6. The molecule has 2 aliphatic rings. The highest BCUT2D eigenvalue weighted by molar-refractivity contribution is 7.98. The van der Waals surface area contributed by atoms with E-state index in [2.05, 4.69) is 65.8 Å². The lowest BCUT2D eigenvalue weighted by atomic mass is 9.77. The molecule has 1 saturated carbocycles. The van der Waals surface area contributed by atoms with Gasteiger partial charge in [0, 0.05) is 4.90 Å². The average molecular weight is 523 g/mol. The van der Waals surface area contributed by atoms with E-state index in [1.165, 1.54) is 74.9 Å². The van der Waals surface area contributed by atoms with Crippen molar-refractivity contribution in [2.24, 2.45) is 11.8 Å². The molecule has 1 aliphatic heterocycles. The van der Waals surface area contributed by atoms with E-state index in [0.29, 0.717) is 5.92 Å². The SMILES string of the molecule is CC.CCC1CC[NH+](Cc2nnc(C(c3ccccc3)C3CCCCC3)o2)CC1.CSc1ccccc1. The minimum Gasteiger partial charge on any atom is -0.419 e. The zero-order chi connectivity index (χ0) is 26.3. The van der Waals surface area contributed by atoms with Gasteiger partial charge in [-0.1, -0.05) is 95.0 Å². The molecule has 4 nitrogen and oxygen atoms in total. The van der Waals surface area contributed by atoms with Crippen molar-refractivity contribution in [2.75, 3.05) is 19.3 Å². The van der Waals surface area contributed by atoms with Gasteiger partial charge in [0.25, 0.3) is 5.89 Å². The van der Waals surface area contributed by atoms with Gasteiger partial charge in [-0.25, -0.2) is 0 Å². The molecule has 2 aromatic carbocycles. The largest absolute Gasteiger partial charge is 0.419 e. The number of piperidine rings is 1. The monoisotopic (exact) mass is 522 g/mol. The molecule has 1 saturated heterocycles. The Morgan fingerprint density at radius 2 is 1.49 bits per heavy atom. The zero-order valence-electron chi connectivity index (χ0n) is 23.5. The number of nitrogens with one attached hydrogen (secondary N) is 1. The Balaban J connectivity index is 0.000000322. The molecule has 37 heavy (non-hydrogen) atoms. The Hall–Kier alpha value is -2.11. The minimum atomic E-state index is 0.258. The number of aromatic nitrogens is 2. The van der Waals surface area contributed by atoms with Gasteiger partial charge < -0.3 is 9.32 Å². The van der Waals surface area contributed by atoms with Crippen LogP contribution in [0.1, 0.15) is 95.4 Å². The second-order valence-corrected chi connectivity index (χ2v) is 11.0. The molecular weight excluding hydrogens is 474 g/mol. The number of likely N-dealkylation sites (tertiary alicyclic amines) is 1. The van der Waals surface area contributed by atoms with E-state index in [0.717, 1.165) is 24.2 Å². The van der Waals surface area contributed by atoms with Crippen LogP contribution in [0.4, 0.5) is 0 Å². The molecular formula is C32H48N3OS+. The lowest BCUT2D eigenvalue weighted by Crippen LogP contribution is -3.11. The first kappa shape index (κ1) is 29.4. The first-order valence-corrected chi connectivity index (χ1v) is 15.8. The summed E-state index contributed by atoms with van der Waals surface area (Å²) in [6.07, 6.45) is 12.6. The van der Waals surface area contributed by atoms with E-state index in [9.17, 15) is 0 Å². The molecule has 1 atom stereocenters. The van der Waals surface area contributed by atoms with Crippen LogP contribution in [0.25, 0.3) is 0 Å². The van der Waals surface area contributed by atoms with Gasteiger partial charge in [0.15, 0.2) is 6.54 Å². The van der Waals surface area contributed by atoms with E-state index in [4.69, 9.17) is 4.42 Å². The van der Waals surface area contributed by atoms with Gasteiger partial charge in [0.1, 0.15) is 0 Å². The van der Waals surface area contributed by atoms with E-state index in [1.54, 1.807) is 16.7 Å². The third-order valence-electron chi connectivity index (χ3n) is 7.80. The van der Waals surface area contributed by atoms with Gasteiger partial charge >= 0.3 is 0 Å². The van der Waals surface area contributed by atoms with Crippen molar-refractivity contribution in [3.05, 3.63) is 78.0 Å². The lowest BCUT2D eigenvalue weighted by Gasteiger charge is -2.28. The van der Waals surface area contributed by atoms with Gasteiger partial charge in [-0.15, -0.1) is 22.0 Å². The average Bonchev–Trinajstić information content (AvgIpc) is 3.44. The van der Waals surface area contributed by atoms with Gasteiger partial charge in [-0.2, -0.15) is 0 Å². The molecule has 1 aromatic heterocycles. The van der Waals surface area contributed by atoms with Crippen molar-refractivity contribution in [3.63, 3.8) is 0 Å². The van der Waals surface area contributed by atoms with Gasteiger partial charge in [-0.3, -0.25) is 0 Å². The maximum atomic E-state index is 6.27. The third-order valence-corrected chi connectivity index (χ3v) is 8.54. The third kappa shape index (κ3) is 9.30. The van der Waals surface area contributed by atoms with Crippen LogP contribution in [0.3, 0.4) is 0 Å². The van der Waals surface area contributed by atoms with Crippen molar-refractivity contribution >= 4 is 11.8 Å². The van der Waals surface area contributed by atoms with Crippen LogP contribution >= 0.6 is 11.8 Å². The molecule has 5 heteroatoms. The molecule has 1 N–H and O–H groups in total. The van der Waals surface area contributed by atoms with Crippen LogP contribution in [0.15, 0.2) is 70.0 Å². The summed E-state index contributed by atoms with van der Waals surface area (Å²) >= 11 is 1.77. The van der Waals surface area contributed by atoms with Crippen molar-refractivity contribution in [2.45, 2.75) is 89.5 Å². The molecule has 2 fully saturated rings. The molecule has 1 aliphatic carbocycles. The molecule has 202 valence electrons. The molecule has 0 radical (unpaired) electrons. The number of hydrogen-bond donors (Lipinski definition) is 1. The first-order valence-electron chi connectivity index (χ1n) is 14.6. The first-order chi connectivity index (χ1) is 18.3. The fourth-order valence-electron chi connectivity index (χ4n) is 5.65. The topological polar surface area (TPSA) is 43.4 Å². The summed E-state index contributed by atoms with van der Waals surface area (Å²) in [7, 11) is 0. The number of rotatable bonds is 7. The minimum absolute atomic E-state index is 0.258. The summed E-state index contributed by atoms with van der Waals surface area (Å²) in [5.74, 6) is 3.47. The van der Waals surface area contributed by atoms with Crippen LogP contribution in [0, 0.1) is 11.8 Å². The Morgan fingerprint density at radius 3 is 2.05 bits per heavy atom. The summed E-state index contributed by atoms with van der Waals surface area (Å²) in [4.78, 5) is 2.93. The highest BCUT2D eigenvalue weighted by Crippen LogP contribution is 2.39. The summed E-state index contributed by atoms with van der Waals surface area (Å²) in [6.45, 7) is 9.67. The predicted molar refractivity (Wildman–Crippen MR) is 156 cm³/mol. The maximum Gasteiger partial charge on any atom is 0.271 e. The standard InChI is InChI=1S/C23H33N3O.C7H8S.C2H6/c1-2-18-13-15-26(16-14-18)17-21-24-25-23(27-21)22(19-9-5-3-6-10-19)20-11-7-4-8-12-20;1-8-7-5-3-2-4-6-7;1-2/h3,5-6,9-10,18,20,22H,2,4,7-8,11-17H2,1H3;2-6H,1H3;1-2H3/p+1. The van der Waals surface area contributed by atoms with Crippen molar-refractivity contribution in [3.8, 4) is 0 Å². The molecule has 1 unspecified atom stereocenters. The van der Waals surface area contributed by atoms with Crippen molar-refractivity contribution < 1.29 is 9.32 Å². The van der Waals surface area contributed by atoms with Crippen molar-refractivity contribution in [1.82, 2.24) is 10.2 Å². The van der Waals surface area contributed by atoms with Gasteiger partial charge in [0.2, 0.25) is 5.89 Å². The van der Waals surface area contributed by atoms with Crippen molar-refractivity contribution in [1.29, 1.82) is 0 Å². The molecule has 0 spiro atoms. The Bertz CT molecular complexity index is 964. The smallest absolute Gasteiger partial charge is 0.271 e. The zero-order valence-corrected chi connectivity index (χ0v) is 24.3. The second kappa shape index (κ2) is 16.7. The van der Waals surface area contributed by atoms with E-state index in [1.807, 2.05) is 32.0 Å². The number of nitrogens with zero attached hydrogens (tertiary/aromatic N) is 2. The van der Waals surface area contributed by atoms with Crippen LogP contribution in [0.5, 0.6) is 0 Å². The summed E-state index contributed by atoms with van der Waals surface area (Å²) in [5, 5.41) is 8.99. The molecule has 2 heterocycles. The number of benzene rings is 2. The van der Waals surface area contributed by atoms with E-state index >= 15 is 0 Å². The second-order valence-electron chi connectivity index (χ2n) is 10.1. The predicted octanol–water partition coefficient (Wildman–Crippen LogP) is 7.42. The Morgan fingerprint density at radius 1 is 0.865 bits per heavy atom. The summed E-state index contributed by atoms with van der Waals surface area (Å²) in [6, 6.07) is 21.1. The number of quaternary nitrogens is 1. The molecule has 0 amide bonds. The Kier molecular flexibility index (Phi) is 13.3. The molecule has 0 bridgehead atoms. The van der Waals surface area contributed by atoms with E-state index < -0.39 is 0 Å². The van der Waals surface area contributed by atoms with E-state index in [-0.39, 0.29) is 5.92 Å². The number of hydrogen-bond acceptors (Lipinski definition) is 4. The van der Waals surface area contributed by atoms with Crippen LogP contribution in [-0.2, 0) is 6.54 Å². The fraction of sp³-hybridized carbons (Fsp3) is 0.562. The van der Waals surface area contributed by atoms with Gasteiger partial charge in [0.05, 0.1) is 19.0 Å². The number of thioether (sulfide) groups is 1. The summed E-state index contributed by atoms with van der Waals surface area (Å²) in [5.41, 5.74) is 1.33. The summed E-state index contributed by atoms with van der Waals surface area (Å²) < 4.78 is 6.27. The van der Waals surface area contributed by atoms with Gasteiger partial charge in [-0.05, 0) is 61.5 Å². The highest BCUT2D eigenvalue weighted by Gasteiger charge is 2.31. The maximum absolute atomic E-state index is 6.27. The lowest BCUT2D eigenvalue weighted by molar-refractivity contribution is -0.921. The highest BCUT2D eigenvalue weighted by atomic mass is 32.2. The Labute approximate surface area is 229 Å². The van der Waals surface area contributed by atoms with Crippen LogP contribution in [-0.4, -0.2) is 29.5 Å². The molecule has 3 aromatic rings.